The molecule has 0 aromatic heterocycles. The average Bonchev–Trinajstić information content (AvgIpc) is 3.55. The van der Waals surface area contributed by atoms with E-state index >= 15 is 0 Å². The Morgan fingerprint density at radius 2 is 0.593 bits per heavy atom. The molecule has 8 bridgehead atoms. The fourth-order valence-corrected chi connectivity index (χ4v) is 9.62. The quantitative estimate of drug-likeness (QED) is 0.0134. The Morgan fingerprint density at radius 1 is 0.358 bits per heavy atom. The number of esters is 5. The molecule has 0 aliphatic heterocycles. The molecule has 438 valence electrons. The van der Waals surface area contributed by atoms with Crippen LogP contribution in [-0.4, -0.2) is 95.6 Å². The molecule has 0 saturated carbocycles. The second-order valence-electron chi connectivity index (χ2n) is 20.6. The molecule has 81 heavy (non-hydrogen) atoms. The standard InChI is InChI=1S/C66H84O15/c1-11-15-19-46-31-50-39-51-32-47(20-16-12-2)34-53(59(51)75-24-28-79-63(69)44(7)8)41-56-37-49(22-18-14-4)38-57(61(56)77-26-30-81-66(72)65(71)73-10)42-55-36-48(21-17-13-3)35-54(60(55)76-25-29-80-64(70)45(9)67)40-52(33-46)58(50)74-23-27-78-62(68)43(5)6/h31-38H,5,7,11-30,39-42H2,1-4,6,8-10H3. The van der Waals surface area contributed by atoms with Gasteiger partial charge in [0.1, 0.15) is 75.9 Å². The van der Waals surface area contributed by atoms with E-state index in [4.69, 9.17) is 37.9 Å². The Kier molecular flexibility index (Phi) is 26.5. The summed E-state index contributed by atoms with van der Waals surface area (Å²) in [6.07, 6.45) is 12.0. The molecule has 0 unspecified atom stereocenters. The van der Waals surface area contributed by atoms with Crippen molar-refractivity contribution in [3.8, 4) is 23.0 Å². The van der Waals surface area contributed by atoms with Crippen LogP contribution in [0.4, 0.5) is 0 Å². The first kappa shape index (κ1) is 64.4. The van der Waals surface area contributed by atoms with Crippen LogP contribution in [0.2, 0.25) is 0 Å². The number of benzene rings is 4. The van der Waals surface area contributed by atoms with E-state index in [1.54, 1.807) is 13.8 Å². The smallest absolute Gasteiger partial charge is 0.417 e. The third-order valence-electron chi connectivity index (χ3n) is 13.6. The lowest BCUT2D eigenvalue weighted by molar-refractivity contribution is -0.166. The SMILES string of the molecule is C=C(C)C(=O)OCCOc1c2cc(CCCC)cc1Cc1cc(CCCC)cc(c1OCCOC(=O)C(C)=O)Cc1cc(CCCC)cc(c1OCCOC(=O)C(=O)OC)Cc1cc(CCCC)cc(c1OCCOC(=O)C(=C)C)C2. The van der Waals surface area contributed by atoms with Crippen LogP contribution in [0.5, 0.6) is 23.0 Å². The zero-order valence-electron chi connectivity index (χ0n) is 49.1. The molecule has 0 atom stereocenters. The Bertz CT molecular complexity index is 2710. The highest BCUT2D eigenvalue weighted by Crippen LogP contribution is 2.41. The van der Waals surface area contributed by atoms with Crippen molar-refractivity contribution in [3.63, 3.8) is 0 Å². The lowest BCUT2D eigenvalue weighted by Crippen LogP contribution is -2.21. The normalized spacial score (nSPS) is 11.7. The molecule has 15 nitrogen and oxygen atoms in total. The van der Waals surface area contributed by atoms with Gasteiger partial charge in [-0.3, -0.25) is 4.79 Å². The number of ether oxygens (including phenoxy) is 9. The van der Waals surface area contributed by atoms with Crippen molar-refractivity contribution in [1.82, 2.24) is 0 Å². The fourth-order valence-electron chi connectivity index (χ4n) is 9.62. The second kappa shape index (κ2) is 33.4. The van der Waals surface area contributed by atoms with Gasteiger partial charge in [-0.2, -0.15) is 0 Å². The number of Topliss-reactive ketones (excluding diaryl/α,β-unsaturated/α-hetero) is 1. The summed E-state index contributed by atoms with van der Waals surface area (Å²) in [5, 5.41) is 0. The van der Waals surface area contributed by atoms with Crippen molar-refractivity contribution in [3.05, 3.63) is 140 Å². The molecule has 0 fully saturated rings. The summed E-state index contributed by atoms with van der Waals surface area (Å²) >= 11 is 0. The summed E-state index contributed by atoms with van der Waals surface area (Å²) in [6.45, 7) is 19.9. The van der Waals surface area contributed by atoms with E-state index in [0.717, 1.165) is 158 Å². The first-order chi connectivity index (χ1) is 39.0. The first-order valence-electron chi connectivity index (χ1n) is 28.7. The molecule has 0 spiro atoms. The number of unbranched alkanes of at least 4 members (excludes halogenated alkanes) is 4. The van der Waals surface area contributed by atoms with Gasteiger partial charge in [-0.1, -0.05) is 115 Å². The van der Waals surface area contributed by atoms with E-state index in [0.29, 0.717) is 48.7 Å². The minimum atomic E-state index is -1.14. The highest BCUT2D eigenvalue weighted by atomic mass is 16.6. The Hall–Kier alpha value is -7.42. The monoisotopic (exact) mass is 1120 g/mol. The Labute approximate surface area is 479 Å². The van der Waals surface area contributed by atoms with Gasteiger partial charge < -0.3 is 42.6 Å². The highest BCUT2D eigenvalue weighted by Gasteiger charge is 2.26. The third-order valence-corrected chi connectivity index (χ3v) is 13.6. The van der Waals surface area contributed by atoms with E-state index in [1.807, 2.05) is 0 Å². The molecule has 1 aliphatic rings. The molecular weight excluding hydrogens is 1030 g/mol. The van der Waals surface area contributed by atoms with Crippen molar-refractivity contribution < 1.29 is 71.4 Å². The van der Waals surface area contributed by atoms with Crippen molar-refractivity contribution in [2.45, 2.75) is 151 Å². The molecular formula is C66H84O15. The van der Waals surface area contributed by atoms with E-state index in [2.05, 4.69) is 94.1 Å². The number of hydrogen-bond acceptors (Lipinski definition) is 15. The van der Waals surface area contributed by atoms with Crippen LogP contribution in [0, 0.1) is 0 Å². The maximum Gasteiger partial charge on any atom is 0.417 e. The molecule has 5 rings (SSSR count). The molecule has 15 heteroatoms. The maximum atomic E-state index is 12.7. The van der Waals surface area contributed by atoms with Crippen LogP contribution in [0.15, 0.2) is 72.8 Å². The van der Waals surface area contributed by atoms with Crippen LogP contribution in [0.1, 0.15) is 167 Å². The molecule has 0 N–H and O–H groups in total. The van der Waals surface area contributed by atoms with Crippen molar-refractivity contribution in [2.24, 2.45) is 0 Å². The lowest BCUT2D eigenvalue weighted by atomic mass is 9.87. The summed E-state index contributed by atoms with van der Waals surface area (Å²) in [7, 11) is 1.11. The van der Waals surface area contributed by atoms with Gasteiger partial charge in [-0.15, -0.1) is 0 Å². The Balaban J connectivity index is 1.91. The maximum absolute atomic E-state index is 12.7. The largest absolute Gasteiger partial charge is 0.489 e. The van der Waals surface area contributed by atoms with Gasteiger partial charge in [-0.05, 0) is 132 Å². The van der Waals surface area contributed by atoms with E-state index in [-0.39, 0.29) is 64.0 Å². The van der Waals surface area contributed by atoms with Gasteiger partial charge in [-0.25, -0.2) is 24.0 Å². The van der Waals surface area contributed by atoms with Crippen molar-refractivity contribution in [2.75, 3.05) is 60.0 Å². The number of rotatable bonds is 31. The predicted octanol–water partition coefficient (Wildman–Crippen LogP) is 11.3. The van der Waals surface area contributed by atoms with Gasteiger partial charge in [0.2, 0.25) is 5.78 Å². The first-order valence-corrected chi connectivity index (χ1v) is 28.7. The number of methoxy groups -OCH3 is 1. The summed E-state index contributed by atoms with van der Waals surface area (Å²) in [4.78, 5) is 74.3. The Morgan fingerprint density at radius 3 is 0.802 bits per heavy atom. The van der Waals surface area contributed by atoms with E-state index in [9.17, 15) is 28.8 Å². The molecule has 0 amide bonds. The van der Waals surface area contributed by atoms with E-state index < -0.39 is 35.6 Å². The van der Waals surface area contributed by atoms with Crippen molar-refractivity contribution in [1.29, 1.82) is 0 Å². The zero-order valence-corrected chi connectivity index (χ0v) is 49.1. The fraction of sp³-hybridized carbons (Fsp3) is 0.485. The minimum Gasteiger partial charge on any atom is -0.489 e. The molecule has 0 radical (unpaired) electrons. The van der Waals surface area contributed by atoms with Crippen LogP contribution >= 0.6 is 0 Å². The lowest BCUT2D eigenvalue weighted by Gasteiger charge is -2.25. The summed E-state index contributed by atoms with van der Waals surface area (Å²) in [6, 6.07) is 17.4. The minimum absolute atomic E-state index is 0.0316. The van der Waals surface area contributed by atoms with Crippen LogP contribution in [0.3, 0.4) is 0 Å². The van der Waals surface area contributed by atoms with Crippen molar-refractivity contribution >= 4 is 35.6 Å². The van der Waals surface area contributed by atoms with Gasteiger partial charge >= 0.3 is 29.8 Å². The summed E-state index contributed by atoms with van der Waals surface area (Å²) < 4.78 is 53.7. The topological polar surface area (TPSA) is 185 Å². The molecule has 1 aliphatic carbocycles. The van der Waals surface area contributed by atoms with Gasteiger partial charge in [0.15, 0.2) is 0 Å². The molecule has 4 aromatic carbocycles. The average molecular weight is 1120 g/mol. The second-order valence-corrected chi connectivity index (χ2v) is 20.6. The summed E-state index contributed by atoms with van der Waals surface area (Å²) in [5.74, 6) is -2.64. The number of aryl methyl sites for hydroxylation is 4. The van der Waals surface area contributed by atoms with Gasteiger partial charge in [0.05, 0.1) is 7.11 Å². The number of ketones is 1. The third kappa shape index (κ3) is 20.0. The number of fused-ring (bicyclic) bond motifs is 8. The van der Waals surface area contributed by atoms with Crippen LogP contribution in [0.25, 0.3) is 0 Å². The highest BCUT2D eigenvalue weighted by molar-refractivity contribution is 6.32. The molecule has 0 heterocycles. The van der Waals surface area contributed by atoms with Gasteiger partial charge in [0.25, 0.3) is 0 Å². The van der Waals surface area contributed by atoms with Gasteiger partial charge in [0, 0.05) is 43.8 Å². The molecule has 4 aromatic rings. The number of carbonyl (C=O) groups is 6. The van der Waals surface area contributed by atoms with Crippen LogP contribution < -0.4 is 18.9 Å². The number of hydrogen-bond donors (Lipinski definition) is 0. The molecule has 0 saturated heterocycles. The van der Waals surface area contributed by atoms with E-state index in [1.165, 1.54) is 0 Å². The summed E-state index contributed by atoms with van der Waals surface area (Å²) in [5.41, 5.74) is 11.7. The van der Waals surface area contributed by atoms with Crippen LogP contribution in [-0.2, 0) is 104 Å². The number of carbonyl (C=O) groups excluding carboxylic acids is 6. The zero-order chi connectivity index (χ0) is 58.8. The predicted molar refractivity (Wildman–Crippen MR) is 310 cm³/mol.